The maximum absolute atomic E-state index is 12.3. The first-order valence-electron chi connectivity index (χ1n) is 13.3. The Morgan fingerprint density at radius 3 is 1.54 bits per heavy atom. The van der Waals surface area contributed by atoms with Gasteiger partial charge in [0.05, 0.1) is 14.2 Å². The number of fused-ring (bicyclic) bond motifs is 2. The quantitative estimate of drug-likeness (QED) is 0.356. The summed E-state index contributed by atoms with van der Waals surface area (Å²) in [5, 5.41) is 20.9. The second-order valence-corrected chi connectivity index (χ2v) is 10.6. The summed E-state index contributed by atoms with van der Waals surface area (Å²) in [6, 6.07) is 7.47. The number of aliphatic carboxylic acids is 1. The van der Waals surface area contributed by atoms with E-state index in [0.29, 0.717) is 47.3 Å². The molecule has 0 spiro atoms. The molecule has 13 heteroatoms. The Hall–Kier alpha value is -4.26. The van der Waals surface area contributed by atoms with Gasteiger partial charge in [-0.15, -0.1) is 10.2 Å². The van der Waals surface area contributed by atoms with E-state index in [4.69, 9.17) is 9.47 Å². The van der Waals surface area contributed by atoms with Gasteiger partial charge in [0.15, 0.2) is 34.4 Å². The fraction of sp³-hybridized carbons (Fsp3) is 0.500. The minimum Gasteiger partial charge on any atom is -0.493 e. The third kappa shape index (κ3) is 5.29. The molecule has 0 aromatic carbocycles. The molecule has 0 aliphatic heterocycles. The predicted molar refractivity (Wildman–Crippen MR) is 152 cm³/mol. The summed E-state index contributed by atoms with van der Waals surface area (Å²) in [7, 11) is 10.5. The number of hydrogen-bond donors (Lipinski definition) is 2. The molecule has 13 nitrogen and oxygen atoms in total. The van der Waals surface area contributed by atoms with Gasteiger partial charge in [-0.1, -0.05) is 0 Å². The van der Waals surface area contributed by atoms with Crippen molar-refractivity contribution >= 4 is 23.2 Å². The van der Waals surface area contributed by atoms with Crippen LogP contribution in [0.2, 0.25) is 0 Å². The van der Waals surface area contributed by atoms with Crippen LogP contribution < -0.4 is 14.8 Å². The standard InChI is InChI=1S/C14H18N4O2.C12H13N3O3.C2H7N/c1-9-5-6-10(20-4)11-15-12(16-18(9)11)14(7-8-14)13(19)17(2)3;1-7-3-4-8(18-2)9-13-10(14-15(7)9)12(5-6-12)11(16)17;1-3-2/h5-6H,7-8H2,1-4H3;3-4H,5-6H2,1-2H3,(H,16,17);3H,1-2H3. The highest BCUT2D eigenvalue weighted by Crippen LogP contribution is 2.48. The number of carboxylic acid groups (broad SMARTS) is 1. The second kappa shape index (κ2) is 11.3. The first kappa shape index (κ1) is 29.7. The summed E-state index contributed by atoms with van der Waals surface area (Å²) in [5.41, 5.74) is 1.68. The monoisotopic (exact) mass is 566 g/mol. The fourth-order valence-electron chi connectivity index (χ4n) is 4.59. The van der Waals surface area contributed by atoms with Gasteiger partial charge in [-0.3, -0.25) is 9.59 Å². The smallest absolute Gasteiger partial charge is 0.317 e. The van der Waals surface area contributed by atoms with Crippen molar-refractivity contribution in [1.82, 2.24) is 39.4 Å². The Balaban J connectivity index is 0.000000173. The molecule has 4 aromatic rings. The molecule has 2 fully saturated rings. The molecule has 2 aliphatic carbocycles. The van der Waals surface area contributed by atoms with Crippen LogP contribution >= 0.6 is 0 Å². The molecule has 2 N–H and O–H groups in total. The number of aromatic nitrogens is 6. The predicted octanol–water partition coefficient (Wildman–Crippen LogP) is 2.16. The van der Waals surface area contributed by atoms with Crippen LogP contribution in [0.4, 0.5) is 0 Å². The molecule has 220 valence electrons. The maximum atomic E-state index is 12.3. The highest BCUT2D eigenvalue weighted by Gasteiger charge is 2.56. The second-order valence-electron chi connectivity index (χ2n) is 10.6. The molecule has 0 bridgehead atoms. The Morgan fingerprint density at radius 1 is 0.829 bits per heavy atom. The van der Waals surface area contributed by atoms with E-state index < -0.39 is 16.8 Å². The number of rotatable bonds is 6. The van der Waals surface area contributed by atoms with Crippen LogP contribution in [0.1, 0.15) is 48.7 Å². The van der Waals surface area contributed by atoms with Crippen molar-refractivity contribution in [2.24, 2.45) is 0 Å². The highest BCUT2D eigenvalue weighted by molar-refractivity contribution is 5.90. The van der Waals surface area contributed by atoms with E-state index in [2.05, 4.69) is 25.5 Å². The molecule has 0 saturated heterocycles. The van der Waals surface area contributed by atoms with Crippen molar-refractivity contribution in [3.63, 3.8) is 0 Å². The molecule has 2 aliphatic rings. The lowest BCUT2D eigenvalue weighted by molar-refractivity contribution is -0.140. The van der Waals surface area contributed by atoms with E-state index in [1.807, 2.05) is 52.2 Å². The lowest BCUT2D eigenvalue weighted by Gasteiger charge is -2.16. The zero-order valence-corrected chi connectivity index (χ0v) is 24.8. The normalized spacial score (nSPS) is 15.7. The summed E-state index contributed by atoms with van der Waals surface area (Å²) in [5.74, 6) is 1.47. The van der Waals surface area contributed by atoms with Gasteiger partial charge in [0.2, 0.25) is 5.91 Å². The molecule has 41 heavy (non-hydrogen) atoms. The zero-order valence-electron chi connectivity index (χ0n) is 24.8. The number of likely N-dealkylation sites (N-methyl/N-ethyl adjacent to an activating group) is 1. The largest absolute Gasteiger partial charge is 0.493 e. The molecular formula is C28H38N8O5. The number of carbonyl (C=O) groups is 2. The van der Waals surface area contributed by atoms with Crippen LogP contribution in [0, 0.1) is 13.8 Å². The third-order valence-electron chi connectivity index (χ3n) is 7.30. The molecule has 0 atom stereocenters. The first-order chi connectivity index (χ1) is 19.5. The lowest BCUT2D eigenvalue weighted by atomic mass is 10.1. The Morgan fingerprint density at radius 2 is 1.22 bits per heavy atom. The van der Waals surface area contributed by atoms with Crippen molar-refractivity contribution < 1.29 is 24.2 Å². The van der Waals surface area contributed by atoms with Crippen molar-refractivity contribution in [3.05, 3.63) is 47.3 Å². The molecule has 6 rings (SSSR count). The van der Waals surface area contributed by atoms with E-state index in [0.717, 1.165) is 24.2 Å². The van der Waals surface area contributed by atoms with E-state index in [1.165, 1.54) is 0 Å². The van der Waals surface area contributed by atoms with Crippen molar-refractivity contribution in [2.75, 3.05) is 42.4 Å². The van der Waals surface area contributed by atoms with E-state index in [-0.39, 0.29) is 5.91 Å². The van der Waals surface area contributed by atoms with Crippen molar-refractivity contribution in [3.8, 4) is 11.5 Å². The average molecular weight is 567 g/mol. The molecule has 0 radical (unpaired) electrons. The Bertz CT molecular complexity index is 1580. The van der Waals surface area contributed by atoms with Crippen LogP contribution in [-0.2, 0) is 20.4 Å². The van der Waals surface area contributed by atoms with Gasteiger partial charge >= 0.3 is 5.97 Å². The number of ether oxygens (including phenoxy) is 2. The van der Waals surface area contributed by atoms with E-state index in [1.54, 1.807) is 42.2 Å². The number of amides is 1. The summed E-state index contributed by atoms with van der Waals surface area (Å²) in [6.45, 7) is 3.85. The van der Waals surface area contributed by atoms with Crippen molar-refractivity contribution in [2.45, 2.75) is 50.4 Å². The van der Waals surface area contributed by atoms with Crippen LogP contribution in [0.15, 0.2) is 24.3 Å². The molecule has 2 saturated carbocycles. The topological polar surface area (TPSA) is 148 Å². The third-order valence-corrected chi connectivity index (χ3v) is 7.30. The van der Waals surface area contributed by atoms with Gasteiger partial charge < -0.3 is 24.8 Å². The van der Waals surface area contributed by atoms with Crippen LogP contribution in [-0.4, -0.2) is 93.5 Å². The Kier molecular flexibility index (Phi) is 8.20. The van der Waals surface area contributed by atoms with Crippen molar-refractivity contribution in [1.29, 1.82) is 0 Å². The SMILES string of the molecule is CNC.COc1ccc(C)n2nc(C3(C(=O)N(C)C)CC3)nc12.COc1ccc(C)n2nc(C3(C(=O)O)CC3)nc12. The number of carboxylic acids is 1. The van der Waals surface area contributed by atoms with Crippen LogP contribution in [0.25, 0.3) is 11.3 Å². The van der Waals surface area contributed by atoms with Crippen LogP contribution in [0.5, 0.6) is 11.5 Å². The summed E-state index contributed by atoms with van der Waals surface area (Å²) >= 11 is 0. The summed E-state index contributed by atoms with van der Waals surface area (Å²) in [4.78, 5) is 34.1. The average Bonchev–Trinajstić information content (AvgIpc) is 3.84. The minimum absolute atomic E-state index is 0.0741. The molecule has 1 amide bonds. The molecule has 0 unspecified atom stereocenters. The molecule has 4 heterocycles. The summed E-state index contributed by atoms with van der Waals surface area (Å²) in [6.07, 6.45) is 2.81. The lowest BCUT2D eigenvalue weighted by Crippen LogP contribution is -2.34. The number of methoxy groups -OCH3 is 2. The van der Waals surface area contributed by atoms with Gasteiger partial charge in [-0.05, 0) is 77.9 Å². The van der Waals surface area contributed by atoms with E-state index >= 15 is 0 Å². The number of pyridine rings is 2. The van der Waals surface area contributed by atoms with Crippen LogP contribution in [0.3, 0.4) is 0 Å². The number of carbonyl (C=O) groups excluding carboxylic acids is 1. The highest BCUT2D eigenvalue weighted by atomic mass is 16.5. The van der Waals surface area contributed by atoms with Gasteiger partial charge in [0.1, 0.15) is 10.8 Å². The fourth-order valence-corrected chi connectivity index (χ4v) is 4.59. The first-order valence-corrected chi connectivity index (χ1v) is 13.3. The number of nitrogens with zero attached hydrogens (tertiary/aromatic N) is 7. The van der Waals surface area contributed by atoms with Gasteiger partial charge in [0.25, 0.3) is 0 Å². The number of hydrogen-bond acceptors (Lipinski definition) is 9. The van der Waals surface area contributed by atoms with Gasteiger partial charge in [0, 0.05) is 25.5 Å². The number of aryl methyl sites for hydroxylation is 2. The van der Waals surface area contributed by atoms with Gasteiger partial charge in [-0.25, -0.2) is 19.0 Å². The molecular weight excluding hydrogens is 528 g/mol. The van der Waals surface area contributed by atoms with E-state index in [9.17, 15) is 14.7 Å². The zero-order chi connectivity index (χ0) is 30.1. The number of nitrogens with one attached hydrogen (secondary N) is 1. The Labute approximate surface area is 238 Å². The molecule has 4 aromatic heterocycles. The minimum atomic E-state index is -0.885. The summed E-state index contributed by atoms with van der Waals surface area (Å²) < 4.78 is 13.9. The van der Waals surface area contributed by atoms with Gasteiger partial charge in [-0.2, -0.15) is 0 Å². The maximum Gasteiger partial charge on any atom is 0.317 e.